The number of hydrogen-bond acceptors (Lipinski definition) is 3. The van der Waals surface area contributed by atoms with Gasteiger partial charge in [0.25, 0.3) is 0 Å². The summed E-state index contributed by atoms with van der Waals surface area (Å²) < 4.78 is 0. The van der Waals surface area contributed by atoms with E-state index >= 15 is 0 Å². The van der Waals surface area contributed by atoms with Gasteiger partial charge in [-0.1, -0.05) is 24.3 Å². The lowest BCUT2D eigenvalue weighted by Crippen LogP contribution is -2.15. The van der Waals surface area contributed by atoms with Crippen LogP contribution in [0.2, 0.25) is 0 Å². The molecule has 0 aromatic heterocycles. The van der Waals surface area contributed by atoms with Gasteiger partial charge in [-0.2, -0.15) is 0 Å². The maximum absolute atomic E-state index is 10.4. The Bertz CT molecular complexity index is 324. The van der Waals surface area contributed by atoms with E-state index < -0.39 is 13.1 Å². The maximum atomic E-state index is 10.4. The fraction of sp³-hybridized carbons (Fsp3) is 0.222. The van der Waals surface area contributed by atoms with Crippen LogP contribution in [0.3, 0.4) is 0 Å². The van der Waals surface area contributed by atoms with E-state index in [0.29, 0.717) is 5.56 Å². The first kappa shape index (κ1) is 10.8. The molecule has 0 bridgehead atoms. The molecular weight excluding hydrogens is 183 g/mol. The van der Waals surface area contributed by atoms with Crippen molar-refractivity contribution >= 4 is 13.1 Å². The van der Waals surface area contributed by atoms with Crippen LogP contribution in [-0.2, 0) is 17.5 Å². The molecule has 0 saturated heterocycles. The zero-order chi connectivity index (χ0) is 10.6. The quantitative estimate of drug-likeness (QED) is 0.583. The fourth-order valence-electron chi connectivity index (χ4n) is 1.25. The van der Waals surface area contributed by atoms with E-state index in [1.54, 1.807) is 24.3 Å². The first-order valence-corrected chi connectivity index (χ1v) is 4.23. The molecule has 0 amide bonds. The highest BCUT2D eigenvalue weighted by molar-refractivity contribution is 6.40. The zero-order valence-electron chi connectivity index (χ0n) is 7.55. The Kier molecular flexibility index (Phi) is 3.68. The van der Waals surface area contributed by atoms with Crippen molar-refractivity contribution in [2.24, 2.45) is 0 Å². The summed E-state index contributed by atoms with van der Waals surface area (Å²) in [6.07, 6.45) is 0.0722. The van der Waals surface area contributed by atoms with Crippen LogP contribution in [0, 0.1) is 0 Å². The molecule has 0 radical (unpaired) electrons. The van der Waals surface area contributed by atoms with Gasteiger partial charge in [0.1, 0.15) is 0 Å². The standard InChI is InChI=1S/C9H11BO4/c11-9(12)5-7-2-1-3-8(4-7)6-10(13)14/h1-4,13-14H,5-6H2,(H,11,12). The monoisotopic (exact) mass is 194 g/mol. The van der Waals surface area contributed by atoms with E-state index in [9.17, 15) is 4.79 Å². The topological polar surface area (TPSA) is 77.8 Å². The minimum Gasteiger partial charge on any atom is -0.481 e. The summed E-state index contributed by atoms with van der Waals surface area (Å²) in [4.78, 5) is 10.4. The Labute approximate surface area is 82.0 Å². The SMILES string of the molecule is O=C(O)Cc1cccc(CB(O)O)c1. The lowest BCUT2D eigenvalue weighted by molar-refractivity contribution is -0.136. The molecule has 0 aliphatic heterocycles. The van der Waals surface area contributed by atoms with Crippen molar-refractivity contribution in [1.82, 2.24) is 0 Å². The average Bonchev–Trinajstić information content (AvgIpc) is 2.01. The number of benzene rings is 1. The number of aliphatic carboxylic acids is 1. The van der Waals surface area contributed by atoms with E-state index in [0.717, 1.165) is 5.56 Å². The molecule has 0 unspecified atom stereocenters. The van der Waals surface area contributed by atoms with Gasteiger partial charge < -0.3 is 15.2 Å². The van der Waals surface area contributed by atoms with Crippen molar-refractivity contribution in [3.05, 3.63) is 35.4 Å². The zero-order valence-corrected chi connectivity index (χ0v) is 7.55. The number of hydrogen-bond donors (Lipinski definition) is 3. The molecule has 0 aliphatic carbocycles. The highest BCUT2D eigenvalue weighted by Gasteiger charge is 2.08. The molecule has 3 N–H and O–H groups in total. The van der Waals surface area contributed by atoms with E-state index in [4.69, 9.17) is 15.2 Å². The van der Waals surface area contributed by atoms with E-state index in [1.165, 1.54) is 0 Å². The normalized spacial score (nSPS) is 9.86. The molecule has 5 heteroatoms. The van der Waals surface area contributed by atoms with Gasteiger partial charge in [0, 0.05) is 6.32 Å². The van der Waals surface area contributed by atoms with Gasteiger partial charge in [-0.3, -0.25) is 4.79 Å². The molecule has 74 valence electrons. The van der Waals surface area contributed by atoms with E-state index in [2.05, 4.69) is 0 Å². The minimum atomic E-state index is -1.39. The van der Waals surface area contributed by atoms with Crippen LogP contribution in [0.25, 0.3) is 0 Å². The Balaban J connectivity index is 2.73. The van der Waals surface area contributed by atoms with Crippen molar-refractivity contribution in [2.45, 2.75) is 12.7 Å². The van der Waals surface area contributed by atoms with Crippen LogP contribution >= 0.6 is 0 Å². The molecule has 0 spiro atoms. The molecule has 0 heterocycles. The smallest absolute Gasteiger partial charge is 0.456 e. The second-order valence-corrected chi connectivity index (χ2v) is 3.08. The molecule has 14 heavy (non-hydrogen) atoms. The van der Waals surface area contributed by atoms with Gasteiger partial charge in [0.2, 0.25) is 0 Å². The Hall–Kier alpha value is -1.33. The van der Waals surface area contributed by atoms with Crippen LogP contribution in [-0.4, -0.2) is 28.2 Å². The Morgan fingerprint density at radius 3 is 2.50 bits per heavy atom. The molecular formula is C9H11BO4. The van der Waals surface area contributed by atoms with Gasteiger partial charge in [0.15, 0.2) is 0 Å². The lowest BCUT2D eigenvalue weighted by Gasteiger charge is -2.02. The Morgan fingerprint density at radius 2 is 1.93 bits per heavy atom. The van der Waals surface area contributed by atoms with Gasteiger partial charge in [0.05, 0.1) is 6.42 Å². The van der Waals surface area contributed by atoms with E-state index in [-0.39, 0.29) is 12.7 Å². The number of carbonyl (C=O) groups is 1. The molecule has 0 saturated carbocycles. The summed E-state index contributed by atoms with van der Waals surface area (Å²) >= 11 is 0. The van der Waals surface area contributed by atoms with Gasteiger partial charge in [-0.05, 0) is 11.1 Å². The number of rotatable bonds is 4. The van der Waals surface area contributed by atoms with Crippen LogP contribution in [0.15, 0.2) is 24.3 Å². The number of carboxylic acid groups (broad SMARTS) is 1. The van der Waals surface area contributed by atoms with Crippen LogP contribution in [0.4, 0.5) is 0 Å². The highest BCUT2D eigenvalue weighted by Crippen LogP contribution is 2.07. The van der Waals surface area contributed by atoms with Gasteiger partial charge in [-0.25, -0.2) is 0 Å². The highest BCUT2D eigenvalue weighted by atomic mass is 16.4. The summed E-state index contributed by atoms with van der Waals surface area (Å²) in [5, 5.41) is 26.0. The van der Waals surface area contributed by atoms with Crippen molar-refractivity contribution in [3.8, 4) is 0 Å². The Morgan fingerprint density at radius 1 is 1.29 bits per heavy atom. The molecule has 4 nitrogen and oxygen atoms in total. The molecule has 0 atom stereocenters. The second-order valence-electron chi connectivity index (χ2n) is 3.08. The van der Waals surface area contributed by atoms with Crippen molar-refractivity contribution < 1.29 is 19.9 Å². The second kappa shape index (κ2) is 4.78. The molecule has 0 aliphatic rings. The first-order chi connectivity index (χ1) is 6.58. The average molecular weight is 194 g/mol. The van der Waals surface area contributed by atoms with Gasteiger partial charge >= 0.3 is 13.1 Å². The predicted octanol–water partition coefficient (Wildman–Crippen LogP) is -0.132. The molecule has 1 aromatic rings. The summed E-state index contributed by atoms with van der Waals surface area (Å²) in [5.41, 5.74) is 1.38. The first-order valence-electron chi connectivity index (χ1n) is 4.23. The van der Waals surface area contributed by atoms with Crippen molar-refractivity contribution in [3.63, 3.8) is 0 Å². The summed E-state index contributed by atoms with van der Waals surface area (Å²) in [7, 11) is -1.39. The fourth-order valence-corrected chi connectivity index (χ4v) is 1.25. The molecule has 1 rings (SSSR count). The summed E-state index contributed by atoms with van der Waals surface area (Å²) in [6, 6.07) is 6.79. The van der Waals surface area contributed by atoms with Crippen LogP contribution in [0.1, 0.15) is 11.1 Å². The predicted molar refractivity (Wildman–Crippen MR) is 51.7 cm³/mol. The third-order valence-electron chi connectivity index (χ3n) is 1.77. The van der Waals surface area contributed by atoms with Crippen molar-refractivity contribution in [2.75, 3.05) is 0 Å². The third kappa shape index (κ3) is 3.59. The number of carboxylic acids is 1. The summed E-state index contributed by atoms with van der Waals surface area (Å²) in [5.74, 6) is -0.897. The third-order valence-corrected chi connectivity index (χ3v) is 1.77. The van der Waals surface area contributed by atoms with Gasteiger partial charge in [-0.15, -0.1) is 0 Å². The molecule has 1 aromatic carbocycles. The van der Waals surface area contributed by atoms with Crippen molar-refractivity contribution in [1.29, 1.82) is 0 Å². The van der Waals surface area contributed by atoms with E-state index in [1.807, 2.05) is 0 Å². The van der Waals surface area contributed by atoms with Crippen LogP contribution < -0.4 is 0 Å². The minimum absolute atomic E-state index is 0.0463. The molecule has 0 fully saturated rings. The largest absolute Gasteiger partial charge is 0.481 e. The lowest BCUT2D eigenvalue weighted by atomic mass is 9.81. The summed E-state index contributed by atoms with van der Waals surface area (Å²) in [6.45, 7) is 0. The maximum Gasteiger partial charge on any atom is 0.456 e. The van der Waals surface area contributed by atoms with Crippen LogP contribution in [0.5, 0.6) is 0 Å².